The van der Waals surface area contributed by atoms with Gasteiger partial charge in [-0.2, -0.15) is 0 Å². The van der Waals surface area contributed by atoms with Gasteiger partial charge in [0.25, 0.3) is 11.8 Å². The number of aryl methyl sites for hydroxylation is 1. The van der Waals surface area contributed by atoms with E-state index in [1.807, 2.05) is 12.3 Å². The number of hydrogen-bond donors (Lipinski definition) is 1. The zero-order valence-electron chi connectivity index (χ0n) is 12.6. The van der Waals surface area contributed by atoms with Crippen LogP contribution in [0.4, 0.5) is 0 Å². The van der Waals surface area contributed by atoms with Crippen LogP contribution in [0.25, 0.3) is 0 Å². The van der Waals surface area contributed by atoms with Crippen LogP contribution in [0.5, 0.6) is 0 Å². The third-order valence-corrected chi connectivity index (χ3v) is 3.90. The van der Waals surface area contributed by atoms with Gasteiger partial charge in [-0.1, -0.05) is 6.07 Å². The number of thiazole rings is 1. The lowest BCUT2D eigenvalue weighted by atomic mass is 10.1. The number of hydroxylamine groups is 1. The fourth-order valence-electron chi connectivity index (χ4n) is 1.92. The van der Waals surface area contributed by atoms with E-state index in [1.165, 1.54) is 18.4 Å². The highest BCUT2D eigenvalue weighted by molar-refractivity contribution is 7.09. The lowest BCUT2D eigenvalue weighted by Gasteiger charge is -2.16. The minimum absolute atomic E-state index is 0.167. The van der Waals surface area contributed by atoms with Crippen molar-refractivity contribution in [3.05, 3.63) is 51.5 Å². The first-order chi connectivity index (χ1) is 10.5. The fraction of sp³-hybridized carbons (Fsp3) is 0.267. The summed E-state index contributed by atoms with van der Waals surface area (Å²) in [7, 11) is 3.07. The molecule has 7 heteroatoms. The second kappa shape index (κ2) is 7.15. The van der Waals surface area contributed by atoms with E-state index < -0.39 is 5.91 Å². The van der Waals surface area contributed by atoms with Crippen LogP contribution in [-0.2, 0) is 11.4 Å². The molecular weight excluding hydrogens is 302 g/mol. The van der Waals surface area contributed by atoms with E-state index in [1.54, 1.807) is 36.2 Å². The summed E-state index contributed by atoms with van der Waals surface area (Å²) in [5, 5.41) is 2.82. The van der Waals surface area contributed by atoms with Crippen molar-refractivity contribution in [2.45, 2.75) is 13.5 Å². The molecule has 1 aromatic heterocycles. The van der Waals surface area contributed by atoms with E-state index >= 15 is 0 Å². The van der Waals surface area contributed by atoms with Crippen LogP contribution in [0.15, 0.2) is 29.6 Å². The summed E-state index contributed by atoms with van der Waals surface area (Å²) in [4.78, 5) is 34.6. The van der Waals surface area contributed by atoms with Crippen LogP contribution >= 0.6 is 11.3 Å². The maximum Gasteiger partial charge on any atom is 0.274 e. The molecule has 0 spiro atoms. The number of hydrogen-bond acceptors (Lipinski definition) is 5. The van der Waals surface area contributed by atoms with Crippen molar-refractivity contribution in [3.63, 3.8) is 0 Å². The number of rotatable bonds is 5. The van der Waals surface area contributed by atoms with Gasteiger partial charge in [0.1, 0.15) is 5.01 Å². The minimum Gasteiger partial charge on any atom is -0.335 e. The second-order valence-electron chi connectivity index (χ2n) is 4.76. The Labute approximate surface area is 132 Å². The average Bonchev–Trinajstić information content (AvgIpc) is 2.92. The summed E-state index contributed by atoms with van der Waals surface area (Å²) in [6.45, 7) is 2.35. The van der Waals surface area contributed by atoms with Gasteiger partial charge in [0.15, 0.2) is 0 Å². The second-order valence-corrected chi connectivity index (χ2v) is 5.70. The van der Waals surface area contributed by atoms with Gasteiger partial charge in [-0.3, -0.25) is 14.4 Å². The van der Waals surface area contributed by atoms with Gasteiger partial charge in [0, 0.05) is 29.2 Å². The Morgan fingerprint density at radius 3 is 2.73 bits per heavy atom. The van der Waals surface area contributed by atoms with Gasteiger partial charge < -0.3 is 4.90 Å². The fourth-order valence-corrected chi connectivity index (χ4v) is 2.74. The van der Waals surface area contributed by atoms with Gasteiger partial charge >= 0.3 is 0 Å². The van der Waals surface area contributed by atoms with Crippen LogP contribution in [0, 0.1) is 6.92 Å². The van der Waals surface area contributed by atoms with E-state index in [9.17, 15) is 9.59 Å². The maximum absolute atomic E-state index is 12.4. The first kappa shape index (κ1) is 16.1. The largest absolute Gasteiger partial charge is 0.335 e. The van der Waals surface area contributed by atoms with Gasteiger partial charge in [-0.25, -0.2) is 10.5 Å². The summed E-state index contributed by atoms with van der Waals surface area (Å²) in [5.41, 5.74) is 3.98. The molecule has 0 unspecified atom stereocenters. The first-order valence-electron chi connectivity index (χ1n) is 6.61. The average molecular weight is 319 g/mol. The Morgan fingerprint density at radius 2 is 2.09 bits per heavy atom. The van der Waals surface area contributed by atoms with Crippen LogP contribution in [0.3, 0.4) is 0 Å². The van der Waals surface area contributed by atoms with Crippen molar-refractivity contribution in [2.75, 3.05) is 14.2 Å². The molecule has 0 bridgehead atoms. The summed E-state index contributed by atoms with van der Waals surface area (Å²) < 4.78 is 0. The lowest BCUT2D eigenvalue weighted by molar-refractivity contribution is 0.0537. The number of aromatic nitrogens is 1. The molecule has 0 aliphatic carbocycles. The molecule has 0 fully saturated rings. The van der Waals surface area contributed by atoms with E-state index in [2.05, 4.69) is 15.3 Å². The van der Waals surface area contributed by atoms with E-state index in [4.69, 9.17) is 0 Å². The minimum atomic E-state index is -0.393. The maximum atomic E-state index is 12.4. The molecule has 0 radical (unpaired) electrons. The molecule has 6 nitrogen and oxygen atoms in total. The highest BCUT2D eigenvalue weighted by Gasteiger charge is 2.15. The van der Waals surface area contributed by atoms with Gasteiger partial charge in [0.05, 0.1) is 13.7 Å². The summed E-state index contributed by atoms with van der Waals surface area (Å²) in [6, 6.07) is 6.50. The summed E-state index contributed by atoms with van der Waals surface area (Å²) >= 11 is 1.52. The molecule has 2 rings (SSSR count). The molecule has 1 N–H and O–H groups in total. The first-order valence-corrected chi connectivity index (χ1v) is 7.49. The van der Waals surface area contributed by atoms with Crippen molar-refractivity contribution >= 4 is 23.2 Å². The quantitative estimate of drug-likeness (QED) is 0.856. The lowest BCUT2D eigenvalue weighted by Crippen LogP contribution is -2.27. The Hall–Kier alpha value is -2.25. The third-order valence-electron chi connectivity index (χ3n) is 2.95. The van der Waals surface area contributed by atoms with Crippen LogP contribution in [0.1, 0.15) is 31.4 Å². The van der Waals surface area contributed by atoms with Gasteiger partial charge in [-0.15, -0.1) is 11.3 Å². The molecule has 0 aliphatic heterocycles. The molecule has 0 atom stereocenters. The van der Waals surface area contributed by atoms with Crippen LogP contribution in [-0.4, -0.2) is 35.9 Å². The topological polar surface area (TPSA) is 71.5 Å². The van der Waals surface area contributed by atoms with Crippen molar-refractivity contribution < 1.29 is 14.4 Å². The SMILES string of the molecule is CONC(=O)c1cccc(C(=O)N(C)Cc2nc(C)cs2)c1. The monoisotopic (exact) mass is 319 g/mol. The molecule has 0 aliphatic rings. The number of nitrogens with one attached hydrogen (secondary N) is 1. The number of amides is 2. The zero-order valence-corrected chi connectivity index (χ0v) is 13.4. The normalized spacial score (nSPS) is 10.3. The molecule has 2 aromatic rings. The number of benzene rings is 1. The van der Waals surface area contributed by atoms with E-state index in [-0.39, 0.29) is 5.91 Å². The number of nitrogens with zero attached hydrogens (tertiary/aromatic N) is 2. The highest BCUT2D eigenvalue weighted by atomic mass is 32.1. The van der Waals surface area contributed by atoms with Crippen LogP contribution < -0.4 is 5.48 Å². The number of carbonyl (C=O) groups excluding carboxylic acids is 2. The molecule has 0 saturated carbocycles. The Bertz CT molecular complexity index is 684. The molecular formula is C15H17N3O3S. The molecule has 22 heavy (non-hydrogen) atoms. The van der Waals surface area contributed by atoms with Crippen molar-refractivity contribution in [1.29, 1.82) is 0 Å². The zero-order chi connectivity index (χ0) is 16.1. The molecule has 2 amide bonds. The van der Waals surface area contributed by atoms with Gasteiger partial charge in [0.2, 0.25) is 0 Å². The third kappa shape index (κ3) is 3.90. The predicted molar refractivity (Wildman–Crippen MR) is 83.6 cm³/mol. The molecule has 116 valence electrons. The number of carbonyl (C=O) groups is 2. The van der Waals surface area contributed by atoms with Crippen molar-refractivity contribution in [1.82, 2.24) is 15.4 Å². The molecule has 0 saturated heterocycles. The standard InChI is InChI=1S/C15H17N3O3S/c1-10-9-22-13(16-10)8-18(2)15(20)12-6-4-5-11(7-12)14(19)17-21-3/h4-7,9H,8H2,1-3H3,(H,17,19). The van der Waals surface area contributed by atoms with Crippen molar-refractivity contribution in [2.24, 2.45) is 0 Å². The summed E-state index contributed by atoms with van der Waals surface area (Å²) in [5.74, 6) is -0.560. The Balaban J connectivity index is 2.11. The molecule has 1 heterocycles. The Kier molecular flexibility index (Phi) is 5.24. The Morgan fingerprint density at radius 1 is 1.36 bits per heavy atom. The smallest absolute Gasteiger partial charge is 0.274 e. The van der Waals surface area contributed by atoms with Crippen molar-refractivity contribution in [3.8, 4) is 0 Å². The van der Waals surface area contributed by atoms with Gasteiger partial charge in [-0.05, 0) is 25.1 Å². The summed E-state index contributed by atoms with van der Waals surface area (Å²) in [6.07, 6.45) is 0. The van der Waals surface area contributed by atoms with E-state index in [0.29, 0.717) is 17.7 Å². The molecule has 1 aromatic carbocycles. The van der Waals surface area contributed by atoms with Crippen LogP contribution in [0.2, 0.25) is 0 Å². The van der Waals surface area contributed by atoms with E-state index in [0.717, 1.165) is 10.7 Å². The predicted octanol–water partition coefficient (Wildman–Crippen LogP) is 2.01. The highest BCUT2D eigenvalue weighted by Crippen LogP contribution is 2.14.